The summed E-state index contributed by atoms with van der Waals surface area (Å²) in [4.78, 5) is 21.6. The number of carbonyl (C=O) groups is 1. The number of rotatable bonds is 7. The van der Waals surface area contributed by atoms with Crippen LogP contribution < -0.4 is 10.2 Å². The Morgan fingerprint density at radius 2 is 2.28 bits per heavy atom. The van der Waals surface area contributed by atoms with Crippen LogP contribution >= 0.6 is 22.9 Å². The molecule has 0 unspecified atom stereocenters. The number of ether oxygens (including phenoxy) is 1. The first-order valence-electron chi connectivity index (χ1n) is 9.29. The number of imidazole rings is 1. The van der Waals surface area contributed by atoms with Gasteiger partial charge in [0.1, 0.15) is 5.60 Å². The molecule has 2 aromatic rings. The number of nitrogens with one attached hydrogen (secondary N) is 2. The van der Waals surface area contributed by atoms with E-state index in [0.29, 0.717) is 41.2 Å². The summed E-state index contributed by atoms with van der Waals surface area (Å²) < 4.78 is 5.59. The largest absolute Gasteiger partial charge is 0.393 e. The summed E-state index contributed by atoms with van der Waals surface area (Å²) in [6, 6.07) is -0.203. The molecule has 1 fully saturated rings. The third-order valence-electron chi connectivity index (χ3n) is 4.93. The zero-order valence-electron chi connectivity index (χ0n) is 16.5. The molecule has 0 aromatic carbocycles. The van der Waals surface area contributed by atoms with Crippen molar-refractivity contribution in [1.82, 2.24) is 25.5 Å². The second-order valence-corrected chi connectivity index (χ2v) is 8.43. The number of aliphatic hydroxyl groups excluding tert-OH is 1. The lowest BCUT2D eigenvalue weighted by Gasteiger charge is -2.37. The van der Waals surface area contributed by atoms with Crippen molar-refractivity contribution in [3.8, 4) is 0 Å². The number of aromatic amines is 1. The first kappa shape index (κ1) is 21.9. The second-order valence-electron chi connectivity index (χ2n) is 7.12. The summed E-state index contributed by atoms with van der Waals surface area (Å²) in [7, 11) is 1.59. The molecule has 1 aliphatic rings. The number of anilines is 1. The monoisotopic (exact) mass is 444 g/mol. The van der Waals surface area contributed by atoms with Crippen LogP contribution in [0.4, 0.5) is 5.13 Å². The van der Waals surface area contributed by atoms with E-state index in [9.17, 15) is 15.0 Å². The lowest BCUT2D eigenvalue weighted by Crippen LogP contribution is -2.55. The first-order chi connectivity index (χ1) is 13.8. The molecule has 1 aliphatic heterocycles. The van der Waals surface area contributed by atoms with Gasteiger partial charge in [-0.25, -0.2) is 4.98 Å². The van der Waals surface area contributed by atoms with Gasteiger partial charge in [0, 0.05) is 20.2 Å². The van der Waals surface area contributed by atoms with E-state index in [1.807, 2.05) is 11.8 Å². The number of hydrogen-bond donors (Lipinski definition) is 4. The van der Waals surface area contributed by atoms with Crippen molar-refractivity contribution in [1.29, 1.82) is 0 Å². The fourth-order valence-electron chi connectivity index (χ4n) is 3.09. The molecule has 0 bridgehead atoms. The normalized spacial score (nSPS) is 21.8. The van der Waals surface area contributed by atoms with Crippen LogP contribution in [0.15, 0.2) is 0 Å². The van der Waals surface area contributed by atoms with E-state index in [2.05, 4.69) is 25.5 Å². The van der Waals surface area contributed by atoms with Gasteiger partial charge in [-0.15, -0.1) is 10.2 Å². The number of methoxy groups -OCH3 is 1. The number of aryl methyl sites for hydroxylation is 1. The van der Waals surface area contributed by atoms with Crippen LogP contribution in [-0.4, -0.2) is 75.2 Å². The van der Waals surface area contributed by atoms with Crippen molar-refractivity contribution >= 4 is 34.0 Å². The molecule has 3 rings (SSSR count). The molecule has 1 saturated heterocycles. The Hall–Kier alpha value is -1.79. The number of aromatic nitrogens is 4. The second kappa shape index (κ2) is 8.92. The van der Waals surface area contributed by atoms with Crippen LogP contribution in [0.2, 0.25) is 5.15 Å². The van der Waals surface area contributed by atoms with Gasteiger partial charge >= 0.3 is 0 Å². The van der Waals surface area contributed by atoms with Gasteiger partial charge in [-0.3, -0.25) is 4.79 Å². The maximum atomic E-state index is 12.5. The number of halogens is 1. The minimum Gasteiger partial charge on any atom is -0.393 e. The van der Waals surface area contributed by atoms with Crippen molar-refractivity contribution < 1.29 is 19.7 Å². The van der Waals surface area contributed by atoms with Crippen molar-refractivity contribution in [2.75, 3.05) is 31.7 Å². The highest BCUT2D eigenvalue weighted by Crippen LogP contribution is 2.30. The Labute approximate surface area is 177 Å². The summed E-state index contributed by atoms with van der Waals surface area (Å²) in [5.41, 5.74) is -0.703. The summed E-state index contributed by atoms with van der Waals surface area (Å²) in [5.74, 6) is -0.145. The Morgan fingerprint density at radius 1 is 1.52 bits per heavy atom. The fourth-order valence-corrected chi connectivity index (χ4v) is 4.27. The zero-order chi connectivity index (χ0) is 21.2. The van der Waals surface area contributed by atoms with E-state index < -0.39 is 12.2 Å². The standard InChI is InChI=1S/C17H25ClN6O4S/c1-4-9-12(18)21-13(19-9)14(26)20-10-5-6-24(7-11(10)28-3)16-23-22-15(29-16)17(2,27)8-25/h10-11,25,27H,4-8H2,1-3H3,(H,19,21)(H,20,26)/t10-,11+,17+/m1/s1. The average molecular weight is 445 g/mol. The lowest BCUT2D eigenvalue weighted by molar-refractivity contribution is -0.00294. The molecule has 10 nitrogen and oxygen atoms in total. The molecule has 0 spiro atoms. The topological polar surface area (TPSA) is 136 Å². The van der Waals surface area contributed by atoms with Gasteiger partial charge in [-0.05, 0) is 19.8 Å². The lowest BCUT2D eigenvalue weighted by atomic mass is 10.0. The van der Waals surface area contributed by atoms with E-state index in [1.165, 1.54) is 18.3 Å². The Morgan fingerprint density at radius 3 is 2.90 bits per heavy atom. The third-order valence-corrected chi connectivity index (χ3v) is 6.48. The smallest absolute Gasteiger partial charge is 0.287 e. The number of nitrogens with zero attached hydrogens (tertiary/aromatic N) is 4. The summed E-state index contributed by atoms with van der Waals surface area (Å²) in [5, 5.41) is 31.8. The highest BCUT2D eigenvalue weighted by Gasteiger charge is 2.34. The molecule has 3 heterocycles. The molecule has 12 heteroatoms. The molecule has 1 amide bonds. The predicted molar refractivity (Wildman–Crippen MR) is 108 cm³/mol. The third kappa shape index (κ3) is 4.69. The quantitative estimate of drug-likeness (QED) is 0.490. The predicted octanol–water partition coefficient (Wildman–Crippen LogP) is 0.701. The highest BCUT2D eigenvalue weighted by molar-refractivity contribution is 7.15. The summed E-state index contributed by atoms with van der Waals surface area (Å²) in [6.45, 7) is 4.10. The molecular formula is C17H25ClN6O4S. The van der Waals surface area contributed by atoms with Gasteiger partial charge in [-0.2, -0.15) is 0 Å². The van der Waals surface area contributed by atoms with E-state index in [-0.39, 0.29) is 23.9 Å². The van der Waals surface area contributed by atoms with E-state index in [4.69, 9.17) is 16.3 Å². The molecule has 2 aromatic heterocycles. The Balaban J connectivity index is 1.65. The van der Waals surface area contributed by atoms with Crippen molar-refractivity contribution in [3.05, 3.63) is 21.7 Å². The zero-order valence-corrected chi connectivity index (χ0v) is 18.0. The molecule has 160 valence electrons. The van der Waals surface area contributed by atoms with Gasteiger partial charge in [-0.1, -0.05) is 29.9 Å². The van der Waals surface area contributed by atoms with Gasteiger partial charge in [0.25, 0.3) is 5.91 Å². The van der Waals surface area contributed by atoms with Crippen LogP contribution in [0.3, 0.4) is 0 Å². The molecule has 29 heavy (non-hydrogen) atoms. The number of amides is 1. The fraction of sp³-hybridized carbons (Fsp3) is 0.647. The minimum atomic E-state index is -1.43. The molecule has 0 aliphatic carbocycles. The van der Waals surface area contributed by atoms with Crippen LogP contribution in [0.25, 0.3) is 0 Å². The van der Waals surface area contributed by atoms with Crippen molar-refractivity contribution in [3.63, 3.8) is 0 Å². The summed E-state index contributed by atoms with van der Waals surface area (Å²) in [6.07, 6.45) is 1.02. The van der Waals surface area contributed by atoms with Gasteiger partial charge < -0.3 is 30.2 Å². The van der Waals surface area contributed by atoms with E-state index >= 15 is 0 Å². The highest BCUT2D eigenvalue weighted by atomic mass is 35.5. The molecule has 3 atom stereocenters. The molecule has 0 radical (unpaired) electrons. The van der Waals surface area contributed by atoms with E-state index in [1.54, 1.807) is 7.11 Å². The maximum Gasteiger partial charge on any atom is 0.287 e. The Bertz CT molecular complexity index is 857. The van der Waals surface area contributed by atoms with Crippen LogP contribution in [0.5, 0.6) is 0 Å². The summed E-state index contributed by atoms with van der Waals surface area (Å²) >= 11 is 7.24. The number of piperidine rings is 1. The van der Waals surface area contributed by atoms with Gasteiger partial charge in [0.15, 0.2) is 16.0 Å². The van der Waals surface area contributed by atoms with Crippen LogP contribution in [0.1, 0.15) is 41.6 Å². The number of aliphatic hydroxyl groups is 2. The van der Waals surface area contributed by atoms with Gasteiger partial charge in [0.05, 0.1) is 24.4 Å². The molecule has 0 saturated carbocycles. The number of H-pyrrole nitrogens is 1. The molecular weight excluding hydrogens is 420 g/mol. The maximum absolute atomic E-state index is 12.5. The van der Waals surface area contributed by atoms with Crippen LogP contribution in [0, 0.1) is 0 Å². The Kier molecular flexibility index (Phi) is 6.74. The van der Waals surface area contributed by atoms with Crippen molar-refractivity contribution in [2.45, 2.75) is 44.4 Å². The number of carbonyl (C=O) groups excluding carboxylic acids is 1. The first-order valence-corrected chi connectivity index (χ1v) is 10.5. The number of hydrogen-bond acceptors (Lipinski definition) is 9. The minimum absolute atomic E-state index is 0.184. The van der Waals surface area contributed by atoms with Gasteiger partial charge in [0.2, 0.25) is 5.13 Å². The molecule has 4 N–H and O–H groups in total. The van der Waals surface area contributed by atoms with Crippen molar-refractivity contribution in [2.24, 2.45) is 0 Å². The van der Waals surface area contributed by atoms with Crippen LogP contribution in [-0.2, 0) is 16.8 Å². The van der Waals surface area contributed by atoms with E-state index in [0.717, 1.165) is 5.69 Å². The SMILES string of the molecule is CCc1[nH]c(C(=O)N[C@@H]2CCN(c3nnc([C@@](C)(O)CO)s3)C[C@@H]2OC)nc1Cl. The average Bonchev–Trinajstić information content (AvgIpc) is 3.35.